The SMILES string of the molecule is Cc1cnc(NC(=O)C2CC2)c2sc(N3CCC[C@@H](C#N)C3)nc12. The predicted octanol–water partition coefficient (Wildman–Crippen LogP) is 3.09. The summed E-state index contributed by atoms with van der Waals surface area (Å²) in [6, 6.07) is 2.37. The van der Waals surface area contributed by atoms with Gasteiger partial charge in [0.25, 0.3) is 0 Å². The summed E-state index contributed by atoms with van der Waals surface area (Å²) in [4.78, 5) is 23.5. The van der Waals surface area contributed by atoms with E-state index < -0.39 is 0 Å². The molecule has 1 aliphatic heterocycles. The molecular weight excluding hydrogens is 322 g/mol. The lowest BCUT2D eigenvalue weighted by atomic mass is 10.0. The standard InChI is InChI=1S/C17H19N5OS/c1-10-8-19-15(21-16(23)12-4-5-12)14-13(10)20-17(24-14)22-6-2-3-11(7-18)9-22/h8,11-12H,2-6,9H2,1H3,(H,19,21,23)/t11-/m0/s1. The number of hydrogen-bond donors (Lipinski definition) is 1. The van der Waals surface area contributed by atoms with E-state index in [9.17, 15) is 10.1 Å². The maximum absolute atomic E-state index is 12.1. The van der Waals surface area contributed by atoms with Crippen LogP contribution in [0, 0.1) is 30.1 Å². The van der Waals surface area contributed by atoms with Crippen LogP contribution in [0.3, 0.4) is 0 Å². The van der Waals surface area contributed by atoms with Crippen molar-refractivity contribution in [1.82, 2.24) is 9.97 Å². The Morgan fingerprint density at radius 3 is 3.04 bits per heavy atom. The normalized spacial score (nSPS) is 20.8. The maximum Gasteiger partial charge on any atom is 0.228 e. The summed E-state index contributed by atoms with van der Waals surface area (Å²) in [6.45, 7) is 3.64. The van der Waals surface area contributed by atoms with Crippen LogP contribution in [0.4, 0.5) is 10.9 Å². The molecule has 2 aromatic rings. The van der Waals surface area contributed by atoms with Crippen molar-refractivity contribution in [2.24, 2.45) is 11.8 Å². The molecule has 0 unspecified atom stereocenters. The zero-order valence-corrected chi connectivity index (χ0v) is 14.4. The number of carbonyl (C=O) groups is 1. The Labute approximate surface area is 144 Å². The summed E-state index contributed by atoms with van der Waals surface area (Å²) >= 11 is 1.56. The highest BCUT2D eigenvalue weighted by Crippen LogP contribution is 2.37. The van der Waals surface area contributed by atoms with Gasteiger partial charge in [-0.3, -0.25) is 4.79 Å². The van der Waals surface area contributed by atoms with Gasteiger partial charge in [0.1, 0.15) is 0 Å². The number of piperidine rings is 1. The fraction of sp³-hybridized carbons (Fsp3) is 0.529. The average Bonchev–Trinajstić information content (AvgIpc) is 3.35. The number of nitrogens with zero attached hydrogens (tertiary/aromatic N) is 4. The molecule has 2 aromatic heterocycles. The van der Waals surface area contributed by atoms with Crippen LogP contribution in [0.15, 0.2) is 6.20 Å². The number of thiazole rings is 1. The van der Waals surface area contributed by atoms with E-state index in [1.807, 2.05) is 6.92 Å². The molecule has 1 saturated heterocycles. The summed E-state index contributed by atoms with van der Waals surface area (Å²) in [5, 5.41) is 13.1. The Hall–Kier alpha value is -2.20. The van der Waals surface area contributed by atoms with Crippen molar-refractivity contribution in [3.05, 3.63) is 11.8 Å². The first-order valence-corrected chi connectivity index (χ1v) is 9.19. The molecule has 7 heteroatoms. The zero-order chi connectivity index (χ0) is 16.7. The number of nitrogens with one attached hydrogen (secondary N) is 1. The molecule has 4 rings (SSSR count). The third-order valence-electron chi connectivity index (χ3n) is 4.66. The lowest BCUT2D eigenvalue weighted by Gasteiger charge is -2.28. The highest BCUT2D eigenvalue weighted by atomic mass is 32.1. The Bertz CT molecular complexity index is 835. The van der Waals surface area contributed by atoms with Crippen molar-refractivity contribution in [2.45, 2.75) is 32.6 Å². The van der Waals surface area contributed by atoms with E-state index in [-0.39, 0.29) is 17.7 Å². The van der Waals surface area contributed by atoms with Crippen LogP contribution >= 0.6 is 11.3 Å². The van der Waals surface area contributed by atoms with Crippen LogP contribution in [-0.4, -0.2) is 29.0 Å². The number of aromatic nitrogens is 2. The summed E-state index contributed by atoms with van der Waals surface area (Å²) < 4.78 is 0.929. The quantitative estimate of drug-likeness (QED) is 0.928. The number of anilines is 2. The highest BCUT2D eigenvalue weighted by molar-refractivity contribution is 7.22. The summed E-state index contributed by atoms with van der Waals surface area (Å²) in [5.74, 6) is 0.892. The predicted molar refractivity (Wildman–Crippen MR) is 94.1 cm³/mol. The molecule has 1 amide bonds. The van der Waals surface area contributed by atoms with E-state index in [0.29, 0.717) is 5.82 Å². The third-order valence-corrected chi connectivity index (χ3v) is 5.78. The fourth-order valence-corrected chi connectivity index (χ4v) is 4.18. The van der Waals surface area contributed by atoms with Gasteiger partial charge in [-0.25, -0.2) is 9.97 Å². The van der Waals surface area contributed by atoms with Crippen LogP contribution in [-0.2, 0) is 4.79 Å². The summed E-state index contributed by atoms with van der Waals surface area (Å²) in [5.41, 5.74) is 1.90. The molecule has 0 bridgehead atoms. The number of fused-ring (bicyclic) bond motifs is 1. The maximum atomic E-state index is 12.1. The monoisotopic (exact) mass is 341 g/mol. The minimum Gasteiger partial charge on any atom is -0.347 e. The minimum atomic E-state index is 0.0603. The number of pyridine rings is 1. The van der Waals surface area contributed by atoms with E-state index in [1.54, 1.807) is 17.5 Å². The van der Waals surface area contributed by atoms with Gasteiger partial charge in [-0.2, -0.15) is 5.26 Å². The van der Waals surface area contributed by atoms with Crippen molar-refractivity contribution < 1.29 is 4.79 Å². The van der Waals surface area contributed by atoms with Gasteiger partial charge in [-0.05, 0) is 38.2 Å². The van der Waals surface area contributed by atoms with Gasteiger partial charge in [-0.1, -0.05) is 11.3 Å². The van der Waals surface area contributed by atoms with Gasteiger partial charge >= 0.3 is 0 Å². The molecule has 6 nitrogen and oxygen atoms in total. The first-order valence-electron chi connectivity index (χ1n) is 8.37. The molecule has 0 radical (unpaired) electrons. The number of hydrogen-bond acceptors (Lipinski definition) is 6. The van der Waals surface area contributed by atoms with Crippen molar-refractivity contribution in [3.63, 3.8) is 0 Å². The zero-order valence-electron chi connectivity index (χ0n) is 13.6. The van der Waals surface area contributed by atoms with Gasteiger partial charge in [-0.15, -0.1) is 0 Å². The average molecular weight is 341 g/mol. The van der Waals surface area contributed by atoms with E-state index >= 15 is 0 Å². The summed E-state index contributed by atoms with van der Waals surface area (Å²) in [7, 11) is 0. The number of amides is 1. The van der Waals surface area contributed by atoms with Crippen LogP contribution in [0.1, 0.15) is 31.2 Å². The fourth-order valence-electron chi connectivity index (χ4n) is 3.06. The van der Waals surface area contributed by atoms with Crippen molar-refractivity contribution in [2.75, 3.05) is 23.3 Å². The Kier molecular flexibility index (Phi) is 3.85. The van der Waals surface area contributed by atoms with Crippen LogP contribution in [0.2, 0.25) is 0 Å². The molecule has 1 N–H and O–H groups in total. The molecule has 2 fully saturated rings. The van der Waals surface area contributed by atoms with Crippen molar-refractivity contribution in [3.8, 4) is 6.07 Å². The van der Waals surface area contributed by atoms with Gasteiger partial charge in [0, 0.05) is 25.2 Å². The van der Waals surface area contributed by atoms with Crippen LogP contribution in [0.25, 0.3) is 10.2 Å². The van der Waals surface area contributed by atoms with E-state index in [0.717, 1.165) is 59.7 Å². The van der Waals surface area contributed by atoms with E-state index in [4.69, 9.17) is 4.98 Å². The van der Waals surface area contributed by atoms with Gasteiger partial charge in [0.2, 0.25) is 5.91 Å². The van der Waals surface area contributed by atoms with Gasteiger partial charge in [0.15, 0.2) is 10.9 Å². The number of rotatable bonds is 3. The number of nitriles is 1. The Morgan fingerprint density at radius 2 is 2.29 bits per heavy atom. The van der Waals surface area contributed by atoms with Gasteiger partial charge in [0.05, 0.1) is 22.2 Å². The number of carbonyl (C=O) groups excluding carboxylic acids is 1. The smallest absolute Gasteiger partial charge is 0.228 e. The molecule has 3 heterocycles. The lowest BCUT2D eigenvalue weighted by molar-refractivity contribution is -0.117. The van der Waals surface area contributed by atoms with E-state index in [2.05, 4.69) is 21.3 Å². The lowest BCUT2D eigenvalue weighted by Crippen LogP contribution is -2.34. The van der Waals surface area contributed by atoms with Crippen LogP contribution in [0.5, 0.6) is 0 Å². The molecular formula is C17H19N5OS. The Balaban J connectivity index is 1.67. The second-order valence-electron chi connectivity index (χ2n) is 6.64. The highest BCUT2D eigenvalue weighted by Gasteiger charge is 2.30. The third kappa shape index (κ3) is 2.82. The van der Waals surface area contributed by atoms with Gasteiger partial charge < -0.3 is 10.2 Å². The molecule has 124 valence electrons. The first kappa shape index (κ1) is 15.3. The van der Waals surface area contributed by atoms with Crippen molar-refractivity contribution in [1.29, 1.82) is 5.26 Å². The van der Waals surface area contributed by atoms with Crippen LogP contribution < -0.4 is 10.2 Å². The Morgan fingerprint density at radius 1 is 1.46 bits per heavy atom. The molecule has 0 aromatic carbocycles. The molecule has 1 atom stereocenters. The minimum absolute atomic E-state index is 0.0603. The second-order valence-corrected chi connectivity index (χ2v) is 7.62. The summed E-state index contributed by atoms with van der Waals surface area (Å²) in [6.07, 6.45) is 5.68. The van der Waals surface area contributed by atoms with E-state index in [1.165, 1.54) is 0 Å². The molecule has 0 spiro atoms. The molecule has 2 aliphatic rings. The largest absolute Gasteiger partial charge is 0.347 e. The molecule has 24 heavy (non-hydrogen) atoms. The molecule has 1 saturated carbocycles. The topological polar surface area (TPSA) is 81.9 Å². The number of aryl methyl sites for hydroxylation is 1. The molecule has 1 aliphatic carbocycles. The van der Waals surface area contributed by atoms with Crippen molar-refractivity contribution >= 4 is 38.4 Å². The second kappa shape index (κ2) is 6.02. The first-order chi connectivity index (χ1) is 11.7.